The number of hydrogen-bond donors (Lipinski definition) is 2. The van der Waals surface area contributed by atoms with Gasteiger partial charge in [-0.3, -0.25) is 4.79 Å². The van der Waals surface area contributed by atoms with E-state index < -0.39 is 6.10 Å². The Hall–Kier alpha value is -0.910. The summed E-state index contributed by atoms with van der Waals surface area (Å²) >= 11 is 0. The highest BCUT2D eigenvalue weighted by Crippen LogP contribution is 2.55. The van der Waals surface area contributed by atoms with Gasteiger partial charge in [0.1, 0.15) is 6.10 Å². The fourth-order valence-corrected chi connectivity index (χ4v) is 5.97. The van der Waals surface area contributed by atoms with Crippen molar-refractivity contribution < 1.29 is 14.6 Å². The number of nitrogens with zero attached hydrogens (tertiary/aromatic N) is 1. The average Bonchev–Trinajstić information content (AvgIpc) is 2.98. The van der Waals surface area contributed by atoms with Gasteiger partial charge < -0.3 is 20.1 Å². The van der Waals surface area contributed by atoms with Crippen LogP contribution in [0.1, 0.15) is 52.4 Å². The summed E-state index contributed by atoms with van der Waals surface area (Å²) in [5.74, 6) is 0.0171. The topological polar surface area (TPSA) is 61.8 Å². The molecule has 3 fully saturated rings. The minimum atomic E-state index is -0.502. The van der Waals surface area contributed by atoms with Gasteiger partial charge in [0.05, 0.1) is 12.0 Å². The number of allylic oxidation sites excluding steroid dienone is 1. The molecule has 2 aliphatic carbocycles. The van der Waals surface area contributed by atoms with Crippen molar-refractivity contribution in [3.05, 3.63) is 11.6 Å². The summed E-state index contributed by atoms with van der Waals surface area (Å²) in [4.78, 5) is 15.1. The number of nitrogens with one attached hydrogen (secondary N) is 1. The summed E-state index contributed by atoms with van der Waals surface area (Å²) in [5.41, 5.74) is 1.10. The molecule has 0 aromatic rings. The molecular formula is C22H36N2O3. The lowest BCUT2D eigenvalue weighted by atomic mass is 9.55. The highest BCUT2D eigenvalue weighted by Gasteiger charge is 2.59. The number of rotatable bonds is 5. The van der Waals surface area contributed by atoms with Crippen LogP contribution in [0, 0.1) is 23.2 Å². The Bertz CT molecular complexity index is 586. The van der Waals surface area contributed by atoms with Crippen LogP contribution in [-0.2, 0) is 9.53 Å². The van der Waals surface area contributed by atoms with E-state index in [1.807, 2.05) is 0 Å². The van der Waals surface area contributed by atoms with E-state index in [9.17, 15) is 9.90 Å². The maximum Gasteiger partial charge on any atom is 0.311 e. The van der Waals surface area contributed by atoms with Gasteiger partial charge in [-0.2, -0.15) is 0 Å². The van der Waals surface area contributed by atoms with Gasteiger partial charge in [-0.15, -0.1) is 0 Å². The summed E-state index contributed by atoms with van der Waals surface area (Å²) in [6.45, 7) is 9.40. The number of esters is 1. The Morgan fingerprint density at radius 2 is 2.11 bits per heavy atom. The van der Waals surface area contributed by atoms with E-state index in [2.05, 4.69) is 30.1 Å². The van der Waals surface area contributed by atoms with E-state index in [0.29, 0.717) is 12.5 Å². The zero-order chi connectivity index (χ0) is 19.0. The van der Waals surface area contributed by atoms with Crippen LogP contribution in [0.3, 0.4) is 0 Å². The molecule has 152 valence electrons. The van der Waals surface area contributed by atoms with Crippen LogP contribution in [0.15, 0.2) is 11.6 Å². The summed E-state index contributed by atoms with van der Waals surface area (Å²) in [5, 5.41) is 14.8. The third kappa shape index (κ3) is 3.47. The Kier molecular flexibility index (Phi) is 5.64. The average molecular weight is 377 g/mol. The lowest BCUT2D eigenvalue weighted by Crippen LogP contribution is -2.54. The normalized spacial score (nSPS) is 42.3. The smallest absolute Gasteiger partial charge is 0.311 e. The minimum Gasteiger partial charge on any atom is -0.461 e. The molecule has 5 heteroatoms. The molecule has 2 aliphatic heterocycles. The summed E-state index contributed by atoms with van der Waals surface area (Å²) in [7, 11) is 0. The number of carbonyl (C=O) groups is 1. The second kappa shape index (κ2) is 7.84. The molecule has 0 spiro atoms. The fourth-order valence-electron chi connectivity index (χ4n) is 5.97. The summed E-state index contributed by atoms with van der Waals surface area (Å²) < 4.78 is 5.73. The molecule has 0 amide bonds. The Labute approximate surface area is 163 Å². The number of piperidine rings is 1. The highest BCUT2D eigenvalue weighted by molar-refractivity contribution is 5.76. The van der Waals surface area contributed by atoms with Gasteiger partial charge >= 0.3 is 5.97 Å². The third-order valence-electron chi connectivity index (χ3n) is 7.99. The van der Waals surface area contributed by atoms with Gasteiger partial charge in [0.2, 0.25) is 0 Å². The Morgan fingerprint density at radius 3 is 2.89 bits per heavy atom. The molecule has 5 nitrogen and oxygen atoms in total. The van der Waals surface area contributed by atoms with E-state index in [1.54, 1.807) is 0 Å². The molecule has 6 atom stereocenters. The second-order valence-electron chi connectivity index (χ2n) is 9.41. The number of aliphatic hydroxyl groups excluding tert-OH is 1. The van der Waals surface area contributed by atoms with E-state index in [1.165, 1.54) is 37.9 Å². The molecule has 6 unspecified atom stereocenters. The molecule has 4 rings (SSSR count). The van der Waals surface area contributed by atoms with Crippen LogP contribution in [0.25, 0.3) is 0 Å². The lowest BCUT2D eigenvalue weighted by Gasteiger charge is -2.51. The molecule has 0 bridgehead atoms. The predicted molar refractivity (Wildman–Crippen MR) is 105 cm³/mol. The van der Waals surface area contributed by atoms with Crippen LogP contribution in [0.4, 0.5) is 0 Å². The van der Waals surface area contributed by atoms with Crippen molar-refractivity contribution in [1.29, 1.82) is 0 Å². The summed E-state index contributed by atoms with van der Waals surface area (Å²) in [6, 6.07) is 0. The van der Waals surface area contributed by atoms with Crippen molar-refractivity contribution >= 4 is 5.97 Å². The number of fused-ring (bicyclic) bond motifs is 2. The third-order valence-corrected chi connectivity index (χ3v) is 7.99. The van der Waals surface area contributed by atoms with Crippen molar-refractivity contribution in [3.8, 4) is 0 Å². The van der Waals surface area contributed by atoms with Crippen LogP contribution in [0.2, 0.25) is 0 Å². The largest absolute Gasteiger partial charge is 0.461 e. The zero-order valence-electron chi connectivity index (χ0n) is 17.0. The van der Waals surface area contributed by atoms with Crippen LogP contribution in [-0.4, -0.2) is 60.9 Å². The van der Waals surface area contributed by atoms with E-state index >= 15 is 0 Å². The number of ether oxygens (including phenoxy) is 1. The second-order valence-corrected chi connectivity index (χ2v) is 9.41. The number of hydrogen-bond acceptors (Lipinski definition) is 5. The molecule has 0 aromatic carbocycles. The maximum atomic E-state index is 12.6. The van der Waals surface area contributed by atoms with Crippen LogP contribution >= 0.6 is 0 Å². The first kappa shape index (κ1) is 19.4. The van der Waals surface area contributed by atoms with E-state index in [0.717, 1.165) is 32.4 Å². The first-order chi connectivity index (χ1) is 13.0. The number of aliphatic hydroxyl groups is 1. The SMILES string of the molecule is CC1CCC=C2CC3OC(=O)C(CNCCN4CCCCC4)C3C(O)C21C. The fraction of sp³-hybridized carbons (Fsp3) is 0.864. The summed E-state index contributed by atoms with van der Waals surface area (Å²) in [6.07, 6.45) is 8.59. The van der Waals surface area contributed by atoms with Crippen molar-refractivity contribution in [2.75, 3.05) is 32.7 Å². The minimum absolute atomic E-state index is 0.0808. The van der Waals surface area contributed by atoms with E-state index in [4.69, 9.17) is 4.74 Å². The molecular weight excluding hydrogens is 340 g/mol. The molecule has 2 saturated heterocycles. The monoisotopic (exact) mass is 376 g/mol. The van der Waals surface area contributed by atoms with Gasteiger partial charge in [0.15, 0.2) is 0 Å². The molecule has 0 aromatic heterocycles. The van der Waals surface area contributed by atoms with Gasteiger partial charge in [-0.05, 0) is 44.7 Å². The molecule has 1 saturated carbocycles. The Morgan fingerprint density at radius 1 is 1.33 bits per heavy atom. The zero-order valence-corrected chi connectivity index (χ0v) is 17.0. The maximum absolute atomic E-state index is 12.6. The van der Waals surface area contributed by atoms with Gasteiger partial charge in [0, 0.05) is 37.4 Å². The number of likely N-dealkylation sites (tertiary alicyclic amines) is 1. The van der Waals surface area contributed by atoms with E-state index in [-0.39, 0.29) is 29.3 Å². The van der Waals surface area contributed by atoms with Gasteiger partial charge in [0.25, 0.3) is 0 Å². The van der Waals surface area contributed by atoms with Crippen molar-refractivity contribution in [2.24, 2.45) is 23.2 Å². The van der Waals surface area contributed by atoms with Gasteiger partial charge in [-0.1, -0.05) is 31.9 Å². The number of carbonyl (C=O) groups excluding carboxylic acids is 1. The molecule has 2 heterocycles. The molecule has 0 radical (unpaired) electrons. The highest BCUT2D eigenvalue weighted by atomic mass is 16.6. The molecule has 2 N–H and O–H groups in total. The first-order valence-corrected chi connectivity index (χ1v) is 11.0. The van der Waals surface area contributed by atoms with Gasteiger partial charge in [-0.25, -0.2) is 0 Å². The quantitative estimate of drug-likeness (QED) is 0.438. The van der Waals surface area contributed by atoms with Crippen molar-refractivity contribution in [1.82, 2.24) is 10.2 Å². The predicted octanol–water partition coefficient (Wildman–Crippen LogP) is 2.35. The lowest BCUT2D eigenvalue weighted by molar-refractivity contribution is -0.144. The standard InChI is InChI=1S/C22H36N2O3/c1-15-7-6-8-16-13-18-19(20(25)22(15,16)2)17(21(26)27-18)14-23-9-12-24-10-4-3-5-11-24/h8,15,17-20,23,25H,3-7,9-14H2,1-2H3. The van der Waals surface area contributed by atoms with Crippen LogP contribution in [0.5, 0.6) is 0 Å². The molecule has 4 aliphatic rings. The Balaban J connectivity index is 1.38. The van der Waals surface area contributed by atoms with Crippen LogP contribution < -0.4 is 5.32 Å². The first-order valence-electron chi connectivity index (χ1n) is 11.0. The molecule has 27 heavy (non-hydrogen) atoms. The van der Waals surface area contributed by atoms with Crippen molar-refractivity contribution in [3.63, 3.8) is 0 Å². The van der Waals surface area contributed by atoms with Crippen molar-refractivity contribution in [2.45, 2.75) is 64.6 Å².